The molecule has 0 saturated heterocycles. The SMILES string of the molecule is [N-]=[N+]=C1C=C(Cl)C(NCc2ccccc2)=CC1Cl. The van der Waals surface area contributed by atoms with Crippen LogP contribution in [-0.2, 0) is 6.54 Å². The molecule has 1 aliphatic carbocycles. The first-order valence-electron chi connectivity index (χ1n) is 5.44. The maximum Gasteiger partial charge on any atom is 0.315 e. The van der Waals surface area contributed by atoms with Crippen molar-refractivity contribution in [3.05, 3.63) is 64.3 Å². The molecular formula is C13H11Cl2N3. The highest BCUT2D eigenvalue weighted by molar-refractivity contribution is 6.39. The van der Waals surface area contributed by atoms with E-state index in [1.54, 1.807) is 12.2 Å². The third-order valence-electron chi connectivity index (χ3n) is 2.57. The minimum atomic E-state index is -0.476. The number of rotatable bonds is 3. The summed E-state index contributed by atoms with van der Waals surface area (Å²) in [6.07, 6.45) is 3.27. The van der Waals surface area contributed by atoms with E-state index < -0.39 is 5.38 Å². The second-order valence-electron chi connectivity index (χ2n) is 3.84. The van der Waals surface area contributed by atoms with Crippen LogP contribution in [0.4, 0.5) is 0 Å². The van der Waals surface area contributed by atoms with Gasteiger partial charge in [0.05, 0.1) is 10.7 Å². The second-order valence-corrected chi connectivity index (χ2v) is 4.72. The van der Waals surface area contributed by atoms with Crippen LogP contribution in [0.3, 0.4) is 0 Å². The van der Waals surface area contributed by atoms with Gasteiger partial charge < -0.3 is 10.8 Å². The van der Waals surface area contributed by atoms with E-state index in [9.17, 15) is 0 Å². The zero-order valence-corrected chi connectivity index (χ0v) is 11.0. The number of nitrogens with one attached hydrogen (secondary N) is 1. The van der Waals surface area contributed by atoms with E-state index in [0.29, 0.717) is 17.3 Å². The van der Waals surface area contributed by atoms with Gasteiger partial charge in [-0.3, -0.25) is 0 Å². The number of alkyl halides is 1. The van der Waals surface area contributed by atoms with Gasteiger partial charge in [-0.1, -0.05) is 41.9 Å². The summed E-state index contributed by atoms with van der Waals surface area (Å²) in [4.78, 5) is 3.08. The monoisotopic (exact) mass is 279 g/mol. The molecule has 1 aliphatic rings. The molecule has 0 radical (unpaired) electrons. The first-order valence-corrected chi connectivity index (χ1v) is 6.25. The molecule has 0 spiro atoms. The fourth-order valence-electron chi connectivity index (χ4n) is 1.62. The maximum atomic E-state index is 8.72. The molecule has 5 heteroatoms. The minimum absolute atomic E-state index is 0.340. The van der Waals surface area contributed by atoms with Crippen molar-refractivity contribution >= 4 is 28.9 Å². The van der Waals surface area contributed by atoms with Gasteiger partial charge in [0.15, 0.2) is 5.38 Å². The Balaban J connectivity index is 2.07. The van der Waals surface area contributed by atoms with Gasteiger partial charge in [-0.05, 0) is 11.6 Å². The topological polar surface area (TPSA) is 48.4 Å². The van der Waals surface area contributed by atoms with Gasteiger partial charge in [-0.2, -0.15) is 4.79 Å². The molecule has 0 aromatic heterocycles. The molecule has 1 N–H and O–H groups in total. The average molecular weight is 280 g/mol. The van der Waals surface area contributed by atoms with Crippen LogP contribution >= 0.6 is 23.2 Å². The van der Waals surface area contributed by atoms with Gasteiger partial charge in [-0.25, -0.2) is 0 Å². The zero-order chi connectivity index (χ0) is 13.0. The number of hydrogen-bond acceptors (Lipinski definition) is 1. The summed E-state index contributed by atoms with van der Waals surface area (Å²) in [7, 11) is 0. The lowest BCUT2D eigenvalue weighted by Gasteiger charge is -2.14. The molecule has 1 atom stereocenters. The van der Waals surface area contributed by atoms with Crippen molar-refractivity contribution in [2.45, 2.75) is 11.9 Å². The van der Waals surface area contributed by atoms with E-state index in [0.717, 1.165) is 11.3 Å². The number of nitrogens with zero attached hydrogens (tertiary/aromatic N) is 2. The standard InChI is InChI=1S/C13H11Cl2N3/c14-10-7-13(18-16)11(15)6-12(10)17-8-9-4-2-1-3-5-9/h1-7,11,17H,8H2. The highest BCUT2D eigenvalue weighted by Crippen LogP contribution is 2.21. The van der Waals surface area contributed by atoms with Gasteiger partial charge in [0.25, 0.3) is 0 Å². The van der Waals surface area contributed by atoms with Crippen molar-refractivity contribution < 1.29 is 4.79 Å². The van der Waals surface area contributed by atoms with E-state index in [1.807, 2.05) is 30.3 Å². The molecule has 0 heterocycles. The molecule has 0 fully saturated rings. The normalized spacial score (nSPS) is 18.8. The predicted molar refractivity (Wildman–Crippen MR) is 73.6 cm³/mol. The molecule has 2 rings (SSSR count). The Morgan fingerprint density at radius 1 is 1.28 bits per heavy atom. The molecule has 0 amide bonds. The lowest BCUT2D eigenvalue weighted by Crippen LogP contribution is -2.22. The van der Waals surface area contributed by atoms with Crippen molar-refractivity contribution in [3.63, 3.8) is 0 Å². The van der Waals surface area contributed by atoms with E-state index in [1.165, 1.54) is 0 Å². The Kier molecular flexibility index (Phi) is 4.21. The third-order valence-corrected chi connectivity index (χ3v) is 3.23. The lowest BCUT2D eigenvalue weighted by atomic mass is 10.1. The maximum absolute atomic E-state index is 8.72. The summed E-state index contributed by atoms with van der Waals surface area (Å²) >= 11 is 12.1. The Labute approximate surface area is 115 Å². The van der Waals surface area contributed by atoms with Gasteiger partial charge in [0, 0.05) is 12.6 Å². The number of halogens is 2. The van der Waals surface area contributed by atoms with Crippen molar-refractivity contribution in [1.29, 1.82) is 0 Å². The molecular weight excluding hydrogens is 269 g/mol. The largest absolute Gasteiger partial charge is 0.380 e. The molecule has 0 aliphatic heterocycles. The van der Waals surface area contributed by atoms with Gasteiger partial charge in [-0.15, -0.1) is 11.6 Å². The van der Waals surface area contributed by atoms with Crippen LogP contribution < -0.4 is 5.32 Å². The summed E-state index contributed by atoms with van der Waals surface area (Å²) in [5, 5.41) is 3.21. The fourth-order valence-corrected chi connectivity index (χ4v) is 2.09. The summed E-state index contributed by atoms with van der Waals surface area (Å²) in [6.45, 7) is 0.659. The Morgan fingerprint density at radius 3 is 2.67 bits per heavy atom. The van der Waals surface area contributed by atoms with Gasteiger partial charge in [0.2, 0.25) is 0 Å². The quantitative estimate of drug-likeness (QED) is 0.516. The Bertz CT molecular complexity index is 543. The second kappa shape index (κ2) is 5.87. The first kappa shape index (κ1) is 12.9. The molecule has 18 heavy (non-hydrogen) atoms. The smallest absolute Gasteiger partial charge is 0.315 e. The van der Waals surface area contributed by atoms with E-state index in [4.69, 9.17) is 28.7 Å². The summed E-state index contributed by atoms with van der Waals surface area (Å²) in [5.74, 6) is 0. The van der Waals surface area contributed by atoms with Crippen LogP contribution in [0.5, 0.6) is 0 Å². The average Bonchev–Trinajstić information content (AvgIpc) is 2.40. The summed E-state index contributed by atoms with van der Waals surface area (Å²) in [6, 6.07) is 9.96. The van der Waals surface area contributed by atoms with Crippen LogP contribution in [0, 0.1) is 0 Å². The first-order chi connectivity index (χ1) is 8.70. The van der Waals surface area contributed by atoms with E-state index >= 15 is 0 Å². The van der Waals surface area contributed by atoms with Crippen molar-refractivity contribution in [2.75, 3.05) is 0 Å². The Hall–Kier alpha value is -1.54. The van der Waals surface area contributed by atoms with Crippen LogP contribution in [-0.4, -0.2) is 15.9 Å². The predicted octanol–water partition coefficient (Wildman–Crippen LogP) is 3.07. The Morgan fingerprint density at radius 2 is 2.00 bits per heavy atom. The van der Waals surface area contributed by atoms with Crippen molar-refractivity contribution in [3.8, 4) is 0 Å². The van der Waals surface area contributed by atoms with E-state index in [-0.39, 0.29) is 0 Å². The molecule has 1 aromatic carbocycles. The number of benzene rings is 1. The van der Waals surface area contributed by atoms with Crippen LogP contribution in [0.1, 0.15) is 5.56 Å². The van der Waals surface area contributed by atoms with Crippen molar-refractivity contribution in [2.24, 2.45) is 0 Å². The van der Waals surface area contributed by atoms with Crippen LogP contribution in [0.25, 0.3) is 5.53 Å². The van der Waals surface area contributed by atoms with Gasteiger partial charge in [0.1, 0.15) is 0 Å². The molecule has 1 unspecified atom stereocenters. The van der Waals surface area contributed by atoms with Crippen LogP contribution in [0.2, 0.25) is 0 Å². The third kappa shape index (κ3) is 3.02. The number of hydrogen-bond donors (Lipinski definition) is 1. The summed E-state index contributed by atoms with van der Waals surface area (Å²) < 4.78 is 0. The minimum Gasteiger partial charge on any atom is -0.380 e. The molecule has 92 valence electrons. The zero-order valence-electron chi connectivity index (χ0n) is 9.48. The fraction of sp³-hybridized carbons (Fsp3) is 0.154. The lowest BCUT2D eigenvalue weighted by molar-refractivity contribution is -0.00517. The molecule has 1 aromatic rings. The highest BCUT2D eigenvalue weighted by Gasteiger charge is 2.24. The molecule has 0 bridgehead atoms. The van der Waals surface area contributed by atoms with Crippen LogP contribution in [0.15, 0.2) is 53.2 Å². The molecule has 0 saturated carbocycles. The van der Waals surface area contributed by atoms with Crippen molar-refractivity contribution in [1.82, 2.24) is 5.32 Å². The molecule has 3 nitrogen and oxygen atoms in total. The highest BCUT2D eigenvalue weighted by atomic mass is 35.5. The summed E-state index contributed by atoms with van der Waals surface area (Å²) in [5.41, 5.74) is 11.0. The van der Waals surface area contributed by atoms with E-state index in [2.05, 4.69) is 10.1 Å². The number of allylic oxidation sites excluding steroid dienone is 3. The van der Waals surface area contributed by atoms with Gasteiger partial charge >= 0.3 is 5.71 Å².